The molecular weight excluding hydrogens is 212 g/mol. The number of carboxylic acids is 1. The number of carbonyl (C=O) groups is 1. The smallest absolute Gasteiger partial charge is 0.309 e. The van der Waals surface area contributed by atoms with Crippen LogP contribution in [-0.4, -0.2) is 27.1 Å². The summed E-state index contributed by atoms with van der Waals surface area (Å²) in [7, 11) is 0. The van der Waals surface area contributed by atoms with E-state index in [4.69, 9.17) is 5.11 Å². The van der Waals surface area contributed by atoms with Crippen molar-refractivity contribution in [1.29, 1.82) is 0 Å². The Balaban J connectivity index is 2.54. The maximum absolute atomic E-state index is 10.5. The van der Waals surface area contributed by atoms with Gasteiger partial charge in [-0.3, -0.25) is 4.79 Å². The standard InChI is InChI=1S/C7H11BrO3/c8-4-1-2-6(9)5(3-4)7(10)11/h4-6,9H,1-3H2,(H,10,11). The molecule has 1 aliphatic carbocycles. The molecule has 11 heavy (non-hydrogen) atoms. The van der Waals surface area contributed by atoms with E-state index in [0.29, 0.717) is 12.8 Å². The number of aliphatic hydroxyl groups is 1. The van der Waals surface area contributed by atoms with Crippen LogP contribution in [0, 0.1) is 5.92 Å². The number of hydrogen-bond donors (Lipinski definition) is 2. The maximum atomic E-state index is 10.5. The lowest BCUT2D eigenvalue weighted by molar-refractivity contribution is -0.147. The topological polar surface area (TPSA) is 57.5 Å². The molecule has 2 N–H and O–H groups in total. The van der Waals surface area contributed by atoms with Gasteiger partial charge in [-0.25, -0.2) is 0 Å². The van der Waals surface area contributed by atoms with Crippen molar-refractivity contribution in [3.63, 3.8) is 0 Å². The van der Waals surface area contributed by atoms with Crippen LogP contribution in [0.5, 0.6) is 0 Å². The van der Waals surface area contributed by atoms with Crippen LogP contribution in [-0.2, 0) is 4.79 Å². The number of alkyl halides is 1. The molecule has 0 spiro atoms. The van der Waals surface area contributed by atoms with Crippen LogP contribution in [0.2, 0.25) is 0 Å². The number of carboxylic acid groups (broad SMARTS) is 1. The molecule has 3 unspecified atom stereocenters. The molecule has 0 aromatic rings. The molecule has 4 heteroatoms. The van der Waals surface area contributed by atoms with Gasteiger partial charge in [0.15, 0.2) is 0 Å². The SMILES string of the molecule is O=C(O)C1CC(Br)CCC1O. The lowest BCUT2D eigenvalue weighted by atomic mass is 9.87. The van der Waals surface area contributed by atoms with Gasteiger partial charge in [0.2, 0.25) is 0 Å². The average molecular weight is 223 g/mol. The molecule has 3 atom stereocenters. The summed E-state index contributed by atoms with van der Waals surface area (Å²) in [6, 6.07) is 0. The van der Waals surface area contributed by atoms with Gasteiger partial charge < -0.3 is 10.2 Å². The molecule has 64 valence electrons. The second-order valence-electron chi connectivity index (χ2n) is 2.92. The first-order valence-electron chi connectivity index (χ1n) is 3.66. The van der Waals surface area contributed by atoms with Crippen LogP contribution < -0.4 is 0 Å². The Kier molecular flexibility index (Phi) is 2.90. The minimum Gasteiger partial charge on any atom is -0.481 e. The van der Waals surface area contributed by atoms with Crippen molar-refractivity contribution in [2.45, 2.75) is 30.2 Å². The molecule has 0 aliphatic heterocycles. The van der Waals surface area contributed by atoms with Crippen LogP contribution in [0.1, 0.15) is 19.3 Å². The first kappa shape index (κ1) is 9.00. The highest BCUT2D eigenvalue weighted by atomic mass is 79.9. The summed E-state index contributed by atoms with van der Waals surface area (Å²) in [5, 5.41) is 17.9. The van der Waals surface area contributed by atoms with E-state index < -0.39 is 18.0 Å². The number of hydrogen-bond acceptors (Lipinski definition) is 2. The van der Waals surface area contributed by atoms with E-state index >= 15 is 0 Å². The van der Waals surface area contributed by atoms with Gasteiger partial charge in [-0.2, -0.15) is 0 Å². The molecule has 1 aliphatic rings. The monoisotopic (exact) mass is 222 g/mol. The Morgan fingerprint density at radius 3 is 2.55 bits per heavy atom. The van der Waals surface area contributed by atoms with Gasteiger partial charge in [0, 0.05) is 4.83 Å². The molecule has 0 heterocycles. The van der Waals surface area contributed by atoms with Crippen molar-refractivity contribution in [3.8, 4) is 0 Å². The van der Waals surface area contributed by atoms with Gasteiger partial charge in [0.1, 0.15) is 0 Å². The molecule has 0 bridgehead atoms. The molecular formula is C7H11BrO3. The van der Waals surface area contributed by atoms with Crippen molar-refractivity contribution < 1.29 is 15.0 Å². The highest BCUT2D eigenvalue weighted by Crippen LogP contribution is 2.29. The Bertz CT molecular complexity index is 160. The summed E-state index contributed by atoms with van der Waals surface area (Å²) in [5.41, 5.74) is 0. The molecule has 1 fully saturated rings. The Hall–Kier alpha value is -0.0900. The van der Waals surface area contributed by atoms with Crippen LogP contribution in [0.25, 0.3) is 0 Å². The van der Waals surface area contributed by atoms with E-state index in [1.54, 1.807) is 0 Å². The van der Waals surface area contributed by atoms with Gasteiger partial charge in [0.05, 0.1) is 12.0 Å². The number of aliphatic hydroxyl groups excluding tert-OH is 1. The number of halogens is 1. The van der Waals surface area contributed by atoms with Gasteiger partial charge in [-0.1, -0.05) is 15.9 Å². The molecule has 0 saturated heterocycles. The first-order chi connectivity index (χ1) is 5.11. The van der Waals surface area contributed by atoms with E-state index in [-0.39, 0.29) is 4.83 Å². The van der Waals surface area contributed by atoms with E-state index in [9.17, 15) is 9.90 Å². The minimum absolute atomic E-state index is 0.256. The zero-order valence-electron chi connectivity index (χ0n) is 6.03. The molecule has 0 aromatic carbocycles. The van der Waals surface area contributed by atoms with Crippen molar-refractivity contribution in [3.05, 3.63) is 0 Å². The summed E-state index contributed by atoms with van der Waals surface area (Å²) in [6.45, 7) is 0. The fourth-order valence-corrected chi connectivity index (χ4v) is 2.04. The highest BCUT2D eigenvalue weighted by molar-refractivity contribution is 9.09. The number of rotatable bonds is 1. The third-order valence-electron chi connectivity index (χ3n) is 2.07. The summed E-state index contributed by atoms with van der Waals surface area (Å²) < 4.78 is 0. The van der Waals surface area contributed by atoms with Gasteiger partial charge in [-0.15, -0.1) is 0 Å². The van der Waals surface area contributed by atoms with E-state index in [2.05, 4.69) is 15.9 Å². The Morgan fingerprint density at radius 1 is 1.45 bits per heavy atom. The summed E-state index contributed by atoms with van der Waals surface area (Å²) in [5.74, 6) is -1.46. The largest absolute Gasteiger partial charge is 0.481 e. The van der Waals surface area contributed by atoms with Crippen molar-refractivity contribution in [2.75, 3.05) is 0 Å². The zero-order valence-corrected chi connectivity index (χ0v) is 7.62. The molecule has 1 saturated carbocycles. The summed E-state index contributed by atoms with van der Waals surface area (Å²) in [4.78, 5) is 10.8. The quantitative estimate of drug-likeness (QED) is 0.652. The number of aliphatic carboxylic acids is 1. The predicted molar refractivity (Wildman–Crippen MR) is 43.7 cm³/mol. The maximum Gasteiger partial charge on any atom is 0.309 e. The van der Waals surface area contributed by atoms with Crippen LogP contribution in [0.15, 0.2) is 0 Å². The van der Waals surface area contributed by atoms with E-state index in [0.717, 1.165) is 6.42 Å². The first-order valence-corrected chi connectivity index (χ1v) is 4.57. The second kappa shape index (κ2) is 3.54. The molecule has 0 amide bonds. The van der Waals surface area contributed by atoms with Crippen molar-refractivity contribution >= 4 is 21.9 Å². The lowest BCUT2D eigenvalue weighted by Gasteiger charge is -2.27. The molecule has 3 nitrogen and oxygen atoms in total. The van der Waals surface area contributed by atoms with E-state index in [1.807, 2.05) is 0 Å². The third kappa shape index (κ3) is 2.17. The lowest BCUT2D eigenvalue weighted by Crippen LogP contribution is -2.34. The van der Waals surface area contributed by atoms with Crippen molar-refractivity contribution in [2.24, 2.45) is 5.92 Å². The zero-order chi connectivity index (χ0) is 8.43. The van der Waals surface area contributed by atoms with Crippen molar-refractivity contribution in [1.82, 2.24) is 0 Å². The fraction of sp³-hybridized carbons (Fsp3) is 0.857. The molecule has 0 aromatic heterocycles. The average Bonchev–Trinajstić information content (AvgIpc) is 1.94. The third-order valence-corrected chi connectivity index (χ3v) is 2.90. The van der Waals surface area contributed by atoms with E-state index in [1.165, 1.54) is 0 Å². The van der Waals surface area contributed by atoms with Crippen LogP contribution >= 0.6 is 15.9 Å². The summed E-state index contributed by atoms with van der Waals surface area (Å²) in [6.07, 6.45) is 1.34. The normalized spacial score (nSPS) is 38.5. The Morgan fingerprint density at radius 2 is 2.09 bits per heavy atom. The van der Waals surface area contributed by atoms with Crippen LogP contribution in [0.3, 0.4) is 0 Å². The second-order valence-corrected chi connectivity index (χ2v) is 4.22. The van der Waals surface area contributed by atoms with Gasteiger partial charge in [0.25, 0.3) is 0 Å². The molecule has 1 rings (SSSR count). The van der Waals surface area contributed by atoms with Gasteiger partial charge in [-0.05, 0) is 19.3 Å². The Labute approximate surface area is 73.5 Å². The molecule has 0 radical (unpaired) electrons. The highest BCUT2D eigenvalue weighted by Gasteiger charge is 2.32. The minimum atomic E-state index is -0.887. The van der Waals surface area contributed by atoms with Crippen LogP contribution in [0.4, 0.5) is 0 Å². The van der Waals surface area contributed by atoms with Gasteiger partial charge >= 0.3 is 5.97 Å². The fourth-order valence-electron chi connectivity index (χ4n) is 1.37. The predicted octanol–water partition coefficient (Wildman–Crippen LogP) is 0.996. The summed E-state index contributed by atoms with van der Waals surface area (Å²) >= 11 is 3.35.